The Bertz CT molecular complexity index is 1240. The van der Waals surface area contributed by atoms with Crippen molar-refractivity contribution in [3.8, 4) is 5.75 Å². The van der Waals surface area contributed by atoms with E-state index in [9.17, 15) is 8.78 Å². The molecule has 0 amide bonds. The molecule has 2 N–H and O–H groups in total. The Balaban J connectivity index is 1.53. The van der Waals surface area contributed by atoms with Crippen LogP contribution in [0.3, 0.4) is 0 Å². The number of H-pyrrole nitrogens is 1. The van der Waals surface area contributed by atoms with Crippen molar-refractivity contribution in [1.82, 2.24) is 9.88 Å². The summed E-state index contributed by atoms with van der Waals surface area (Å²) < 4.78 is 34.5. The molecule has 2 heterocycles. The Labute approximate surface area is 185 Å². The SMILES string of the molecule is OCCOc1ccc(CN2CCc3c([nH]c4ccccc34)[C@@H]2c2cc(F)ccc2F)cc1. The van der Waals surface area contributed by atoms with Gasteiger partial charge in [0.1, 0.15) is 24.0 Å². The van der Waals surface area contributed by atoms with Gasteiger partial charge in [0.2, 0.25) is 0 Å². The fourth-order valence-electron chi connectivity index (χ4n) is 4.63. The highest BCUT2D eigenvalue weighted by Gasteiger charge is 2.33. The van der Waals surface area contributed by atoms with Crippen molar-refractivity contribution in [2.75, 3.05) is 19.8 Å². The molecule has 0 saturated carbocycles. The van der Waals surface area contributed by atoms with Crippen LogP contribution in [0.4, 0.5) is 8.78 Å². The van der Waals surface area contributed by atoms with Crippen molar-refractivity contribution in [3.05, 3.63) is 101 Å². The number of nitrogens with zero attached hydrogens (tertiary/aromatic N) is 1. The van der Waals surface area contributed by atoms with Gasteiger partial charge in [-0.1, -0.05) is 30.3 Å². The number of benzene rings is 3. The minimum Gasteiger partial charge on any atom is -0.491 e. The molecule has 4 aromatic rings. The molecule has 1 aromatic heterocycles. The van der Waals surface area contributed by atoms with Gasteiger partial charge < -0.3 is 14.8 Å². The van der Waals surface area contributed by atoms with Crippen LogP contribution in [0.1, 0.15) is 28.4 Å². The van der Waals surface area contributed by atoms with Gasteiger partial charge in [0.25, 0.3) is 0 Å². The van der Waals surface area contributed by atoms with Crippen molar-refractivity contribution in [1.29, 1.82) is 0 Å². The maximum Gasteiger partial charge on any atom is 0.128 e. The maximum absolute atomic E-state index is 14.9. The number of para-hydroxylation sites is 1. The molecule has 6 heteroatoms. The van der Waals surface area contributed by atoms with Crippen LogP contribution in [0.2, 0.25) is 0 Å². The first-order valence-electron chi connectivity index (χ1n) is 10.7. The van der Waals surface area contributed by atoms with Gasteiger partial charge in [-0.3, -0.25) is 4.90 Å². The second kappa shape index (κ2) is 8.73. The lowest BCUT2D eigenvalue weighted by atomic mass is 9.91. The van der Waals surface area contributed by atoms with E-state index in [1.165, 1.54) is 17.7 Å². The number of aromatic nitrogens is 1. The van der Waals surface area contributed by atoms with Crippen molar-refractivity contribution in [3.63, 3.8) is 0 Å². The van der Waals surface area contributed by atoms with Gasteiger partial charge in [0.05, 0.1) is 12.6 Å². The number of ether oxygens (including phenoxy) is 1. The zero-order chi connectivity index (χ0) is 22.1. The zero-order valence-electron chi connectivity index (χ0n) is 17.5. The number of hydrogen-bond acceptors (Lipinski definition) is 3. The summed E-state index contributed by atoms with van der Waals surface area (Å²) in [5.74, 6) is -0.178. The smallest absolute Gasteiger partial charge is 0.128 e. The van der Waals surface area contributed by atoms with Crippen molar-refractivity contribution in [2.45, 2.75) is 19.0 Å². The Kier molecular flexibility index (Phi) is 5.64. The summed E-state index contributed by atoms with van der Waals surface area (Å²) in [5.41, 5.74) is 4.47. The molecule has 0 spiro atoms. The van der Waals surface area contributed by atoms with Crippen LogP contribution in [0, 0.1) is 11.6 Å². The van der Waals surface area contributed by atoms with E-state index in [2.05, 4.69) is 16.0 Å². The Morgan fingerprint density at radius 1 is 1.03 bits per heavy atom. The number of nitrogens with one attached hydrogen (secondary N) is 1. The standard InChI is InChI=1S/C26H24F2N2O2/c27-18-7-10-23(28)22(15-18)26-25-21(20-3-1-2-4-24(20)29-25)11-12-30(26)16-17-5-8-19(9-6-17)32-14-13-31/h1-10,15,26,29,31H,11-14,16H2/t26-/m0/s1. The molecule has 0 fully saturated rings. The predicted octanol–water partition coefficient (Wildman–Crippen LogP) is 4.96. The molecule has 164 valence electrons. The van der Waals surface area contributed by atoms with E-state index in [-0.39, 0.29) is 13.2 Å². The van der Waals surface area contributed by atoms with E-state index in [1.807, 2.05) is 42.5 Å². The third kappa shape index (κ3) is 3.87. The third-order valence-electron chi connectivity index (χ3n) is 6.06. The Morgan fingerprint density at radius 2 is 1.84 bits per heavy atom. The average molecular weight is 434 g/mol. The first-order valence-corrected chi connectivity index (χ1v) is 10.7. The number of hydrogen-bond donors (Lipinski definition) is 2. The highest BCUT2D eigenvalue weighted by Crippen LogP contribution is 2.40. The molecule has 5 rings (SSSR count). The molecular weight excluding hydrogens is 410 g/mol. The third-order valence-corrected chi connectivity index (χ3v) is 6.06. The predicted molar refractivity (Wildman–Crippen MR) is 120 cm³/mol. The lowest BCUT2D eigenvalue weighted by molar-refractivity contribution is 0.196. The van der Waals surface area contributed by atoms with Crippen LogP contribution in [-0.2, 0) is 13.0 Å². The zero-order valence-corrected chi connectivity index (χ0v) is 17.5. The second-order valence-corrected chi connectivity index (χ2v) is 8.07. The maximum atomic E-state index is 14.9. The fraction of sp³-hybridized carbons (Fsp3) is 0.231. The van der Waals surface area contributed by atoms with E-state index < -0.39 is 17.7 Å². The number of aliphatic hydroxyl groups is 1. The summed E-state index contributed by atoms with van der Waals surface area (Å²) >= 11 is 0. The summed E-state index contributed by atoms with van der Waals surface area (Å²) in [6, 6.07) is 19.0. The van der Waals surface area contributed by atoms with Gasteiger partial charge in [0, 0.05) is 35.2 Å². The van der Waals surface area contributed by atoms with Gasteiger partial charge in [-0.2, -0.15) is 0 Å². The first kappa shape index (κ1) is 20.7. The summed E-state index contributed by atoms with van der Waals surface area (Å²) in [7, 11) is 0. The fourth-order valence-corrected chi connectivity index (χ4v) is 4.63. The second-order valence-electron chi connectivity index (χ2n) is 8.07. The van der Waals surface area contributed by atoms with Crippen LogP contribution in [0.5, 0.6) is 5.75 Å². The molecule has 1 aliphatic rings. The van der Waals surface area contributed by atoms with Gasteiger partial charge in [-0.15, -0.1) is 0 Å². The molecular formula is C26H24F2N2O2. The number of rotatable bonds is 6. The summed E-state index contributed by atoms with van der Waals surface area (Å²) in [4.78, 5) is 5.66. The Hall–Kier alpha value is -3.22. The number of fused-ring (bicyclic) bond motifs is 3. The van der Waals surface area contributed by atoms with Crippen LogP contribution in [0.15, 0.2) is 66.7 Å². The van der Waals surface area contributed by atoms with E-state index in [0.717, 1.165) is 41.2 Å². The normalized spacial score (nSPS) is 16.3. The number of halogens is 2. The quantitative estimate of drug-likeness (QED) is 0.451. The molecule has 0 bridgehead atoms. The van der Waals surface area contributed by atoms with E-state index in [4.69, 9.17) is 9.84 Å². The largest absolute Gasteiger partial charge is 0.491 e. The summed E-state index contributed by atoms with van der Waals surface area (Å²) in [5, 5.41) is 10.1. The van der Waals surface area contributed by atoms with Crippen molar-refractivity contribution >= 4 is 10.9 Å². The van der Waals surface area contributed by atoms with Crippen molar-refractivity contribution < 1.29 is 18.6 Å². The Morgan fingerprint density at radius 3 is 2.66 bits per heavy atom. The highest BCUT2D eigenvalue weighted by molar-refractivity contribution is 5.85. The van der Waals surface area contributed by atoms with Crippen LogP contribution in [-0.4, -0.2) is 34.7 Å². The van der Waals surface area contributed by atoms with Crippen LogP contribution >= 0.6 is 0 Å². The van der Waals surface area contributed by atoms with Crippen molar-refractivity contribution in [2.24, 2.45) is 0 Å². The molecule has 0 radical (unpaired) electrons. The first-order chi connectivity index (χ1) is 15.6. The summed E-state index contributed by atoms with van der Waals surface area (Å²) in [6.45, 7) is 1.51. The van der Waals surface area contributed by atoms with Gasteiger partial charge in [-0.25, -0.2) is 8.78 Å². The molecule has 0 unspecified atom stereocenters. The molecule has 4 nitrogen and oxygen atoms in total. The minimum atomic E-state index is -0.449. The number of aliphatic hydroxyl groups excluding tert-OH is 1. The lowest BCUT2D eigenvalue weighted by Gasteiger charge is -2.36. The number of aromatic amines is 1. The lowest BCUT2D eigenvalue weighted by Crippen LogP contribution is -2.36. The average Bonchev–Trinajstić information content (AvgIpc) is 3.19. The monoisotopic (exact) mass is 434 g/mol. The van der Waals surface area contributed by atoms with Crippen LogP contribution < -0.4 is 4.74 Å². The topological polar surface area (TPSA) is 48.5 Å². The minimum absolute atomic E-state index is 0.0384. The molecule has 32 heavy (non-hydrogen) atoms. The summed E-state index contributed by atoms with van der Waals surface area (Å²) in [6.07, 6.45) is 0.824. The van der Waals surface area contributed by atoms with E-state index >= 15 is 0 Å². The van der Waals surface area contributed by atoms with Crippen LogP contribution in [0.25, 0.3) is 10.9 Å². The van der Waals surface area contributed by atoms with E-state index in [1.54, 1.807) is 0 Å². The molecule has 1 atom stereocenters. The van der Waals surface area contributed by atoms with E-state index in [0.29, 0.717) is 17.9 Å². The molecule has 1 aliphatic heterocycles. The molecule has 3 aromatic carbocycles. The molecule has 0 saturated heterocycles. The molecule has 0 aliphatic carbocycles. The highest BCUT2D eigenvalue weighted by atomic mass is 19.1. The van der Waals surface area contributed by atoms with Gasteiger partial charge in [0.15, 0.2) is 0 Å². The van der Waals surface area contributed by atoms with Gasteiger partial charge >= 0.3 is 0 Å². The van der Waals surface area contributed by atoms with Gasteiger partial charge in [-0.05, 0) is 53.9 Å².